The highest BCUT2D eigenvalue weighted by atomic mass is 19.4. The van der Waals surface area contributed by atoms with E-state index in [-0.39, 0.29) is 6.08 Å². The third kappa shape index (κ3) is 3.57. The van der Waals surface area contributed by atoms with Gasteiger partial charge in [0.05, 0.1) is 0 Å². The first-order chi connectivity index (χ1) is 6.67. The van der Waals surface area contributed by atoms with Gasteiger partial charge in [0.25, 0.3) is 5.78 Å². The van der Waals surface area contributed by atoms with Crippen molar-refractivity contribution in [2.24, 2.45) is 5.41 Å². The van der Waals surface area contributed by atoms with Gasteiger partial charge in [-0.05, 0) is 12.8 Å². The topological polar surface area (TPSA) is 37.3 Å². The molecule has 0 radical (unpaired) electrons. The van der Waals surface area contributed by atoms with Crippen molar-refractivity contribution in [1.29, 1.82) is 0 Å². The third-order valence-corrected chi connectivity index (χ3v) is 2.73. The van der Waals surface area contributed by atoms with Gasteiger partial charge in [0, 0.05) is 11.5 Å². The van der Waals surface area contributed by atoms with Crippen molar-refractivity contribution >= 4 is 5.78 Å². The molecule has 5 heteroatoms. The Morgan fingerprint density at radius 3 is 1.93 bits per heavy atom. The van der Waals surface area contributed by atoms with Crippen LogP contribution < -0.4 is 0 Å². The van der Waals surface area contributed by atoms with Gasteiger partial charge in [-0.3, -0.25) is 4.79 Å². The summed E-state index contributed by atoms with van der Waals surface area (Å²) in [5.41, 5.74) is -0.763. The SMILES string of the molecule is CCC(C)(CC)/C(O)=C/C(=O)C(F)(F)F. The van der Waals surface area contributed by atoms with Crippen LogP contribution in [-0.2, 0) is 4.79 Å². The fourth-order valence-electron chi connectivity index (χ4n) is 0.992. The Morgan fingerprint density at radius 2 is 1.67 bits per heavy atom. The van der Waals surface area contributed by atoms with Crippen LogP contribution >= 0.6 is 0 Å². The molecule has 0 saturated heterocycles. The monoisotopic (exact) mass is 224 g/mol. The molecule has 0 bridgehead atoms. The quantitative estimate of drug-likeness (QED) is 0.587. The molecule has 15 heavy (non-hydrogen) atoms. The average molecular weight is 224 g/mol. The number of rotatable bonds is 4. The van der Waals surface area contributed by atoms with Crippen LogP contribution in [0.5, 0.6) is 0 Å². The summed E-state index contributed by atoms with van der Waals surface area (Å²) in [7, 11) is 0. The first-order valence-corrected chi connectivity index (χ1v) is 4.69. The van der Waals surface area contributed by atoms with Crippen molar-refractivity contribution in [3.63, 3.8) is 0 Å². The summed E-state index contributed by atoms with van der Waals surface area (Å²) >= 11 is 0. The first kappa shape index (κ1) is 14.0. The van der Waals surface area contributed by atoms with Gasteiger partial charge in [-0.2, -0.15) is 13.2 Å². The number of aliphatic hydroxyl groups excluding tert-OH is 1. The average Bonchev–Trinajstić information content (AvgIpc) is 2.14. The maximum Gasteiger partial charge on any atom is 0.454 e. The van der Waals surface area contributed by atoms with Gasteiger partial charge in [-0.15, -0.1) is 0 Å². The molecule has 1 N–H and O–H groups in total. The molecule has 0 aromatic rings. The number of hydrogen-bond donors (Lipinski definition) is 1. The lowest BCUT2D eigenvalue weighted by atomic mass is 9.82. The highest BCUT2D eigenvalue weighted by Gasteiger charge is 2.38. The van der Waals surface area contributed by atoms with E-state index < -0.39 is 23.1 Å². The van der Waals surface area contributed by atoms with Crippen molar-refractivity contribution in [3.05, 3.63) is 11.8 Å². The number of carbonyl (C=O) groups is 1. The Balaban J connectivity index is 4.92. The number of hydrogen-bond acceptors (Lipinski definition) is 2. The Labute approximate surface area is 86.8 Å². The predicted molar refractivity (Wildman–Crippen MR) is 50.5 cm³/mol. The maximum atomic E-state index is 11.9. The zero-order chi connectivity index (χ0) is 12.3. The smallest absolute Gasteiger partial charge is 0.454 e. The van der Waals surface area contributed by atoms with E-state index in [9.17, 15) is 23.1 Å². The minimum atomic E-state index is -4.92. The van der Waals surface area contributed by atoms with E-state index in [1.54, 1.807) is 20.8 Å². The van der Waals surface area contributed by atoms with Gasteiger partial charge in [-0.25, -0.2) is 0 Å². The molecule has 0 spiro atoms. The predicted octanol–water partition coefficient (Wildman–Crippen LogP) is 3.39. The van der Waals surface area contributed by atoms with Crippen LogP contribution in [0.1, 0.15) is 33.6 Å². The van der Waals surface area contributed by atoms with Crippen LogP contribution in [-0.4, -0.2) is 17.1 Å². The normalized spacial score (nSPS) is 14.1. The van der Waals surface area contributed by atoms with Crippen LogP contribution in [0.2, 0.25) is 0 Å². The van der Waals surface area contributed by atoms with E-state index in [4.69, 9.17) is 0 Å². The molecule has 0 aliphatic carbocycles. The van der Waals surface area contributed by atoms with Gasteiger partial charge in [0.2, 0.25) is 0 Å². The number of alkyl halides is 3. The van der Waals surface area contributed by atoms with Crippen molar-refractivity contribution in [2.45, 2.75) is 39.8 Å². The lowest BCUT2D eigenvalue weighted by Crippen LogP contribution is -2.24. The molecule has 0 atom stereocenters. The second-order valence-electron chi connectivity index (χ2n) is 3.66. The van der Waals surface area contributed by atoms with Crippen molar-refractivity contribution in [1.82, 2.24) is 0 Å². The third-order valence-electron chi connectivity index (χ3n) is 2.73. The van der Waals surface area contributed by atoms with Gasteiger partial charge in [-0.1, -0.05) is 20.8 Å². The second kappa shape index (κ2) is 4.68. The molecule has 0 aliphatic rings. The maximum absolute atomic E-state index is 11.9. The Kier molecular flexibility index (Phi) is 4.37. The summed E-state index contributed by atoms with van der Waals surface area (Å²) in [6.45, 7) is 5.10. The molecular formula is C10H15F3O2. The molecule has 0 fully saturated rings. The van der Waals surface area contributed by atoms with Crippen LogP contribution in [0.25, 0.3) is 0 Å². The Hall–Kier alpha value is -1.00. The van der Waals surface area contributed by atoms with E-state index in [2.05, 4.69) is 0 Å². The summed E-state index contributed by atoms with van der Waals surface area (Å²) < 4.78 is 35.7. The highest BCUT2D eigenvalue weighted by molar-refractivity contribution is 5.94. The lowest BCUT2D eigenvalue weighted by molar-refractivity contribution is -0.165. The molecule has 0 aliphatic heterocycles. The molecule has 0 rings (SSSR count). The standard InChI is InChI=1S/C10H15F3O2/c1-4-9(3,5-2)7(14)6-8(15)10(11,12)13/h6,14H,4-5H2,1-3H3/b7-6-. The van der Waals surface area contributed by atoms with Crippen LogP contribution in [0.4, 0.5) is 13.2 Å². The summed E-state index contributed by atoms with van der Waals surface area (Å²) in [5, 5.41) is 9.44. The molecule has 0 saturated carbocycles. The molecule has 2 nitrogen and oxygen atoms in total. The number of aliphatic hydroxyl groups is 1. The summed E-state index contributed by atoms with van der Waals surface area (Å²) in [4.78, 5) is 10.6. The van der Waals surface area contributed by atoms with E-state index in [0.29, 0.717) is 12.8 Å². The molecule has 0 aromatic carbocycles. The Bertz CT molecular complexity index is 262. The highest BCUT2D eigenvalue weighted by Crippen LogP contribution is 2.33. The van der Waals surface area contributed by atoms with Crippen molar-refractivity contribution in [3.8, 4) is 0 Å². The molecule has 0 heterocycles. The molecule has 0 amide bonds. The van der Waals surface area contributed by atoms with Gasteiger partial charge < -0.3 is 5.11 Å². The second-order valence-corrected chi connectivity index (χ2v) is 3.66. The van der Waals surface area contributed by atoms with Crippen LogP contribution in [0, 0.1) is 5.41 Å². The molecule has 0 aromatic heterocycles. The lowest BCUT2D eigenvalue weighted by Gasteiger charge is -2.25. The molecule has 88 valence electrons. The zero-order valence-electron chi connectivity index (χ0n) is 8.98. The minimum Gasteiger partial charge on any atom is -0.512 e. The van der Waals surface area contributed by atoms with Crippen LogP contribution in [0.3, 0.4) is 0 Å². The fourth-order valence-corrected chi connectivity index (χ4v) is 0.992. The van der Waals surface area contributed by atoms with Gasteiger partial charge in [0.1, 0.15) is 5.76 Å². The summed E-state index contributed by atoms with van der Waals surface area (Å²) in [5.74, 6) is -2.53. The summed E-state index contributed by atoms with van der Waals surface area (Å²) in [6, 6.07) is 0. The van der Waals surface area contributed by atoms with Crippen molar-refractivity contribution in [2.75, 3.05) is 0 Å². The number of ketones is 1. The molecule has 0 unspecified atom stereocenters. The largest absolute Gasteiger partial charge is 0.512 e. The van der Waals surface area contributed by atoms with E-state index in [1.807, 2.05) is 0 Å². The van der Waals surface area contributed by atoms with E-state index in [0.717, 1.165) is 0 Å². The minimum absolute atomic E-state index is 0.271. The number of carbonyl (C=O) groups excluding carboxylic acids is 1. The zero-order valence-corrected chi connectivity index (χ0v) is 8.98. The summed E-state index contributed by atoms with van der Waals surface area (Å²) in [6.07, 6.45) is -3.71. The molecular weight excluding hydrogens is 209 g/mol. The van der Waals surface area contributed by atoms with Crippen LogP contribution in [0.15, 0.2) is 11.8 Å². The van der Waals surface area contributed by atoms with Gasteiger partial charge in [0.15, 0.2) is 0 Å². The number of halogens is 3. The fraction of sp³-hybridized carbons (Fsp3) is 0.700. The van der Waals surface area contributed by atoms with Crippen molar-refractivity contribution < 1.29 is 23.1 Å². The van der Waals surface area contributed by atoms with E-state index in [1.165, 1.54) is 0 Å². The number of allylic oxidation sites excluding steroid dienone is 2. The van der Waals surface area contributed by atoms with Gasteiger partial charge >= 0.3 is 6.18 Å². The van der Waals surface area contributed by atoms with E-state index >= 15 is 0 Å². The first-order valence-electron chi connectivity index (χ1n) is 4.69. The Morgan fingerprint density at radius 1 is 1.27 bits per heavy atom.